The molecule has 0 aliphatic carbocycles. The van der Waals surface area contributed by atoms with Crippen LogP contribution in [0.4, 0.5) is 0 Å². The summed E-state index contributed by atoms with van der Waals surface area (Å²) in [7, 11) is 1.67. The molecule has 1 aromatic rings. The van der Waals surface area contributed by atoms with Crippen molar-refractivity contribution in [3.05, 3.63) is 32.9 Å². The van der Waals surface area contributed by atoms with Gasteiger partial charge in [-0.05, 0) is 52.8 Å². The lowest BCUT2D eigenvalue weighted by Crippen LogP contribution is -2.17. The van der Waals surface area contributed by atoms with Crippen molar-refractivity contribution in [1.82, 2.24) is 0 Å². The van der Waals surface area contributed by atoms with E-state index in [0.717, 1.165) is 0 Å². The molecule has 1 rings (SSSR count). The summed E-state index contributed by atoms with van der Waals surface area (Å²) in [6.45, 7) is 2.65. The summed E-state index contributed by atoms with van der Waals surface area (Å²) in [6.07, 6.45) is 0. The molecular weight excluding hydrogens is 277 g/mol. The molecule has 0 saturated heterocycles. The summed E-state index contributed by atoms with van der Waals surface area (Å²) in [4.78, 5) is 0. The highest BCUT2D eigenvalue weighted by atomic mass is 127. The average molecular weight is 291 g/mol. The highest BCUT2D eigenvalue weighted by molar-refractivity contribution is 14.1. The molecular formula is C10H14INO. The van der Waals surface area contributed by atoms with Crippen LogP contribution in [0.3, 0.4) is 0 Å². The highest BCUT2D eigenvalue weighted by Crippen LogP contribution is 2.18. The van der Waals surface area contributed by atoms with Crippen LogP contribution in [0.5, 0.6) is 0 Å². The van der Waals surface area contributed by atoms with Gasteiger partial charge in [-0.25, -0.2) is 0 Å². The fraction of sp³-hybridized carbons (Fsp3) is 0.400. The van der Waals surface area contributed by atoms with Crippen molar-refractivity contribution in [2.45, 2.75) is 13.0 Å². The molecule has 2 N–H and O–H groups in total. The molecule has 1 aromatic carbocycles. The molecule has 0 unspecified atom stereocenters. The van der Waals surface area contributed by atoms with Crippen LogP contribution in [0.25, 0.3) is 0 Å². The minimum atomic E-state index is -0.0120. The second kappa shape index (κ2) is 4.93. The van der Waals surface area contributed by atoms with Crippen LogP contribution >= 0.6 is 22.6 Å². The molecule has 0 radical (unpaired) electrons. The SMILES string of the molecule is COC[C@@H](N)c1ccc(I)cc1C. The van der Waals surface area contributed by atoms with E-state index in [2.05, 4.69) is 47.7 Å². The van der Waals surface area contributed by atoms with E-state index in [1.807, 2.05) is 0 Å². The average Bonchev–Trinajstić information content (AvgIpc) is 2.04. The van der Waals surface area contributed by atoms with E-state index < -0.39 is 0 Å². The van der Waals surface area contributed by atoms with Crippen molar-refractivity contribution >= 4 is 22.6 Å². The summed E-state index contributed by atoms with van der Waals surface area (Å²) >= 11 is 2.29. The maximum atomic E-state index is 5.93. The second-order valence-corrected chi connectivity index (χ2v) is 4.31. The Balaban J connectivity index is 2.88. The molecule has 3 heteroatoms. The molecule has 0 bridgehead atoms. The summed E-state index contributed by atoms with van der Waals surface area (Å²) in [5.74, 6) is 0. The van der Waals surface area contributed by atoms with E-state index in [1.54, 1.807) is 7.11 Å². The Morgan fingerprint density at radius 1 is 1.54 bits per heavy atom. The number of methoxy groups -OCH3 is 1. The van der Waals surface area contributed by atoms with Gasteiger partial charge in [0.2, 0.25) is 0 Å². The molecule has 0 aliphatic rings. The number of hydrogen-bond donors (Lipinski definition) is 1. The van der Waals surface area contributed by atoms with E-state index in [1.165, 1.54) is 14.7 Å². The molecule has 0 aromatic heterocycles. The molecule has 0 aliphatic heterocycles. The number of halogens is 1. The van der Waals surface area contributed by atoms with Crippen molar-refractivity contribution in [3.8, 4) is 0 Å². The third kappa shape index (κ3) is 2.93. The van der Waals surface area contributed by atoms with Crippen molar-refractivity contribution in [1.29, 1.82) is 0 Å². The first kappa shape index (κ1) is 10.9. The topological polar surface area (TPSA) is 35.2 Å². The van der Waals surface area contributed by atoms with E-state index >= 15 is 0 Å². The number of rotatable bonds is 3. The molecule has 0 saturated carbocycles. The van der Waals surface area contributed by atoms with Crippen molar-refractivity contribution in [2.75, 3.05) is 13.7 Å². The normalized spacial score (nSPS) is 12.9. The number of ether oxygens (including phenoxy) is 1. The van der Waals surface area contributed by atoms with Crippen molar-refractivity contribution in [3.63, 3.8) is 0 Å². The van der Waals surface area contributed by atoms with E-state index in [4.69, 9.17) is 10.5 Å². The summed E-state index contributed by atoms with van der Waals surface area (Å²) in [5, 5.41) is 0. The minimum absolute atomic E-state index is 0.0120. The van der Waals surface area contributed by atoms with Crippen LogP contribution in [-0.2, 0) is 4.74 Å². The smallest absolute Gasteiger partial charge is 0.0655 e. The van der Waals surface area contributed by atoms with Gasteiger partial charge in [0.1, 0.15) is 0 Å². The van der Waals surface area contributed by atoms with Gasteiger partial charge in [0.25, 0.3) is 0 Å². The van der Waals surface area contributed by atoms with Gasteiger partial charge in [-0.3, -0.25) is 0 Å². The van der Waals surface area contributed by atoms with Gasteiger partial charge < -0.3 is 10.5 Å². The number of aryl methyl sites for hydroxylation is 1. The Hall–Kier alpha value is -0.130. The third-order valence-electron chi connectivity index (χ3n) is 1.98. The zero-order valence-corrected chi connectivity index (χ0v) is 10.0. The lowest BCUT2D eigenvalue weighted by Gasteiger charge is -2.13. The molecule has 0 amide bonds. The van der Waals surface area contributed by atoms with Crippen LogP contribution in [0, 0.1) is 10.5 Å². The monoisotopic (exact) mass is 291 g/mol. The van der Waals surface area contributed by atoms with Gasteiger partial charge >= 0.3 is 0 Å². The summed E-state index contributed by atoms with van der Waals surface area (Å²) in [5.41, 5.74) is 8.33. The molecule has 0 spiro atoms. The van der Waals surface area contributed by atoms with Gasteiger partial charge in [0, 0.05) is 10.7 Å². The molecule has 13 heavy (non-hydrogen) atoms. The Morgan fingerprint density at radius 3 is 2.77 bits per heavy atom. The predicted octanol–water partition coefficient (Wildman–Crippen LogP) is 2.25. The van der Waals surface area contributed by atoms with Crippen molar-refractivity contribution in [2.24, 2.45) is 5.73 Å². The Labute approximate surface area is 92.6 Å². The maximum Gasteiger partial charge on any atom is 0.0655 e. The van der Waals surface area contributed by atoms with Crippen molar-refractivity contribution < 1.29 is 4.74 Å². The lowest BCUT2D eigenvalue weighted by atomic mass is 10.0. The van der Waals surface area contributed by atoms with E-state index in [-0.39, 0.29) is 6.04 Å². The number of benzene rings is 1. The third-order valence-corrected chi connectivity index (χ3v) is 2.65. The van der Waals surface area contributed by atoms with Crippen LogP contribution in [-0.4, -0.2) is 13.7 Å². The number of nitrogens with two attached hydrogens (primary N) is 1. The predicted molar refractivity (Wildman–Crippen MR) is 62.7 cm³/mol. The maximum absolute atomic E-state index is 5.93. The van der Waals surface area contributed by atoms with Crippen LogP contribution in [0.2, 0.25) is 0 Å². The molecule has 0 fully saturated rings. The lowest BCUT2D eigenvalue weighted by molar-refractivity contribution is 0.180. The van der Waals surface area contributed by atoms with Gasteiger partial charge in [-0.15, -0.1) is 0 Å². The van der Waals surface area contributed by atoms with Gasteiger partial charge in [-0.1, -0.05) is 6.07 Å². The van der Waals surface area contributed by atoms with Gasteiger partial charge in [-0.2, -0.15) is 0 Å². The molecule has 0 heterocycles. The van der Waals surface area contributed by atoms with Crippen LogP contribution < -0.4 is 5.73 Å². The first-order valence-corrected chi connectivity index (χ1v) is 5.23. The fourth-order valence-corrected chi connectivity index (χ4v) is 1.97. The first-order chi connectivity index (χ1) is 6.15. The van der Waals surface area contributed by atoms with Crippen LogP contribution in [0.1, 0.15) is 17.2 Å². The van der Waals surface area contributed by atoms with E-state index in [9.17, 15) is 0 Å². The first-order valence-electron chi connectivity index (χ1n) is 4.15. The second-order valence-electron chi connectivity index (χ2n) is 3.06. The standard InChI is InChI=1S/C10H14INO/c1-7-5-8(11)3-4-9(7)10(12)6-13-2/h3-5,10H,6,12H2,1-2H3/t10-/m1/s1. The minimum Gasteiger partial charge on any atom is -0.383 e. The number of hydrogen-bond acceptors (Lipinski definition) is 2. The quantitative estimate of drug-likeness (QED) is 0.867. The molecule has 2 nitrogen and oxygen atoms in total. The zero-order chi connectivity index (χ0) is 9.84. The molecule has 72 valence electrons. The van der Waals surface area contributed by atoms with Crippen LogP contribution in [0.15, 0.2) is 18.2 Å². The van der Waals surface area contributed by atoms with E-state index in [0.29, 0.717) is 6.61 Å². The Kier molecular flexibility index (Phi) is 4.15. The molecule has 1 atom stereocenters. The van der Waals surface area contributed by atoms with Gasteiger partial charge in [0.05, 0.1) is 12.6 Å². The summed E-state index contributed by atoms with van der Waals surface area (Å²) < 4.78 is 6.26. The largest absolute Gasteiger partial charge is 0.383 e. The van der Waals surface area contributed by atoms with Gasteiger partial charge in [0.15, 0.2) is 0 Å². The highest BCUT2D eigenvalue weighted by Gasteiger charge is 2.07. The Morgan fingerprint density at radius 2 is 2.23 bits per heavy atom. The summed E-state index contributed by atoms with van der Waals surface area (Å²) in [6, 6.07) is 6.26. The Bertz CT molecular complexity index is 288. The zero-order valence-electron chi connectivity index (χ0n) is 7.88. The fourth-order valence-electron chi connectivity index (χ4n) is 1.32.